The van der Waals surface area contributed by atoms with Crippen LogP contribution in [-0.4, -0.2) is 16.7 Å². The molecule has 3 nitrogen and oxygen atoms in total. The van der Waals surface area contributed by atoms with E-state index in [2.05, 4.69) is 28.5 Å². The Kier molecular flexibility index (Phi) is 4.79. The number of aryl methyl sites for hydroxylation is 2. The average molecular weight is 273 g/mol. The molecule has 0 aliphatic heterocycles. The largest absolute Gasteiger partial charge is 0.310 e. The summed E-state index contributed by atoms with van der Waals surface area (Å²) in [6, 6.07) is 8.90. The average Bonchev–Trinajstić information content (AvgIpc) is 2.43. The van der Waals surface area contributed by atoms with Gasteiger partial charge in [-0.25, -0.2) is 4.39 Å². The van der Waals surface area contributed by atoms with Crippen LogP contribution in [-0.2, 0) is 6.42 Å². The number of hydrogen-bond acceptors (Lipinski definition) is 3. The van der Waals surface area contributed by atoms with Gasteiger partial charge in [0.1, 0.15) is 5.82 Å². The molecule has 1 atom stereocenters. The molecule has 0 radical (unpaired) electrons. The molecule has 4 heteroatoms. The Morgan fingerprint density at radius 1 is 1.15 bits per heavy atom. The Bertz CT molecular complexity index is 566. The first-order chi connectivity index (χ1) is 9.60. The fourth-order valence-electron chi connectivity index (χ4n) is 2.32. The van der Waals surface area contributed by atoms with Crippen LogP contribution >= 0.6 is 0 Å². The molecule has 0 saturated heterocycles. The summed E-state index contributed by atoms with van der Waals surface area (Å²) in [5.41, 5.74) is 4.10. The zero-order valence-electron chi connectivity index (χ0n) is 12.2. The van der Waals surface area contributed by atoms with Crippen LogP contribution in [0.2, 0.25) is 0 Å². The number of halogens is 1. The van der Waals surface area contributed by atoms with Gasteiger partial charge >= 0.3 is 0 Å². The highest BCUT2D eigenvalue weighted by atomic mass is 19.1. The van der Waals surface area contributed by atoms with Crippen LogP contribution in [0.3, 0.4) is 0 Å². The SMILES string of the molecule is CCNC(Cc1ccc(F)cc1)c1cc(C)nnc1C. The highest BCUT2D eigenvalue weighted by molar-refractivity contribution is 5.27. The fraction of sp³-hybridized carbons (Fsp3) is 0.375. The molecule has 1 aromatic heterocycles. The molecule has 0 bridgehead atoms. The van der Waals surface area contributed by atoms with Gasteiger partial charge in [-0.2, -0.15) is 10.2 Å². The lowest BCUT2D eigenvalue weighted by Gasteiger charge is -2.20. The maximum atomic E-state index is 13.0. The molecular formula is C16H20FN3. The maximum absolute atomic E-state index is 13.0. The van der Waals surface area contributed by atoms with Crippen LogP contribution in [0, 0.1) is 19.7 Å². The lowest BCUT2D eigenvalue weighted by Crippen LogP contribution is -2.24. The minimum absolute atomic E-state index is 0.166. The molecule has 1 aromatic carbocycles. The van der Waals surface area contributed by atoms with E-state index in [1.54, 1.807) is 0 Å². The Labute approximate surface area is 119 Å². The summed E-state index contributed by atoms with van der Waals surface area (Å²) < 4.78 is 13.0. The molecule has 0 aliphatic carbocycles. The monoisotopic (exact) mass is 273 g/mol. The van der Waals surface area contributed by atoms with Gasteiger partial charge in [0, 0.05) is 6.04 Å². The van der Waals surface area contributed by atoms with E-state index >= 15 is 0 Å². The van der Waals surface area contributed by atoms with Crippen molar-refractivity contribution >= 4 is 0 Å². The Morgan fingerprint density at radius 3 is 2.50 bits per heavy atom. The topological polar surface area (TPSA) is 37.8 Å². The second-order valence-electron chi connectivity index (χ2n) is 4.97. The Morgan fingerprint density at radius 2 is 1.85 bits per heavy atom. The van der Waals surface area contributed by atoms with Gasteiger partial charge in [0.25, 0.3) is 0 Å². The Balaban J connectivity index is 2.26. The Hall–Kier alpha value is -1.81. The highest BCUT2D eigenvalue weighted by Gasteiger charge is 2.15. The van der Waals surface area contributed by atoms with Gasteiger partial charge in [0.05, 0.1) is 11.4 Å². The number of nitrogens with zero attached hydrogens (tertiary/aromatic N) is 2. The van der Waals surface area contributed by atoms with E-state index in [0.29, 0.717) is 0 Å². The number of likely N-dealkylation sites (N-methyl/N-ethyl adjacent to an activating group) is 1. The van der Waals surface area contributed by atoms with Crippen molar-refractivity contribution in [2.45, 2.75) is 33.2 Å². The predicted molar refractivity (Wildman–Crippen MR) is 78.0 cm³/mol. The number of nitrogens with one attached hydrogen (secondary N) is 1. The molecule has 1 heterocycles. The van der Waals surface area contributed by atoms with Crippen LogP contribution in [0.5, 0.6) is 0 Å². The van der Waals surface area contributed by atoms with Crippen molar-refractivity contribution < 1.29 is 4.39 Å². The second kappa shape index (κ2) is 6.57. The van der Waals surface area contributed by atoms with Crippen molar-refractivity contribution in [3.63, 3.8) is 0 Å². The van der Waals surface area contributed by atoms with E-state index in [1.807, 2.05) is 26.0 Å². The maximum Gasteiger partial charge on any atom is 0.123 e. The van der Waals surface area contributed by atoms with Crippen LogP contribution < -0.4 is 5.32 Å². The minimum Gasteiger partial charge on any atom is -0.310 e. The summed E-state index contributed by atoms with van der Waals surface area (Å²) in [7, 11) is 0. The smallest absolute Gasteiger partial charge is 0.123 e. The van der Waals surface area contributed by atoms with Gasteiger partial charge in [-0.05, 0) is 56.1 Å². The van der Waals surface area contributed by atoms with E-state index < -0.39 is 0 Å². The lowest BCUT2D eigenvalue weighted by molar-refractivity contribution is 0.541. The first-order valence-electron chi connectivity index (χ1n) is 6.88. The van der Waals surface area contributed by atoms with E-state index in [1.165, 1.54) is 12.1 Å². The number of aromatic nitrogens is 2. The van der Waals surface area contributed by atoms with Crippen molar-refractivity contribution in [1.82, 2.24) is 15.5 Å². The molecule has 1 unspecified atom stereocenters. The number of rotatable bonds is 5. The van der Waals surface area contributed by atoms with Crippen molar-refractivity contribution in [1.29, 1.82) is 0 Å². The molecular weight excluding hydrogens is 253 g/mol. The van der Waals surface area contributed by atoms with Gasteiger partial charge in [0.2, 0.25) is 0 Å². The van der Waals surface area contributed by atoms with Crippen molar-refractivity contribution in [3.05, 3.63) is 58.7 Å². The zero-order chi connectivity index (χ0) is 14.5. The fourth-order valence-corrected chi connectivity index (χ4v) is 2.32. The number of benzene rings is 1. The summed E-state index contributed by atoms with van der Waals surface area (Å²) >= 11 is 0. The molecule has 2 aromatic rings. The van der Waals surface area contributed by atoms with Gasteiger partial charge < -0.3 is 5.32 Å². The third-order valence-corrected chi connectivity index (χ3v) is 3.32. The van der Waals surface area contributed by atoms with Crippen LogP contribution in [0.1, 0.15) is 35.5 Å². The molecule has 1 N–H and O–H groups in total. The molecule has 106 valence electrons. The molecule has 0 spiro atoms. The standard InChI is InChI=1S/C16H20FN3/c1-4-18-16(10-13-5-7-14(17)8-6-13)15-9-11(2)19-20-12(15)3/h5-9,16,18H,4,10H2,1-3H3. The first kappa shape index (κ1) is 14.6. The quantitative estimate of drug-likeness (QED) is 0.909. The molecule has 20 heavy (non-hydrogen) atoms. The van der Waals surface area contributed by atoms with Crippen molar-refractivity contribution in [2.24, 2.45) is 0 Å². The molecule has 0 fully saturated rings. The third kappa shape index (κ3) is 3.61. The predicted octanol–water partition coefficient (Wildman–Crippen LogP) is 3.13. The normalized spacial score (nSPS) is 12.4. The molecule has 0 amide bonds. The number of hydrogen-bond donors (Lipinski definition) is 1. The first-order valence-corrected chi connectivity index (χ1v) is 6.88. The van der Waals surface area contributed by atoms with E-state index in [4.69, 9.17) is 0 Å². The van der Waals surface area contributed by atoms with Crippen molar-refractivity contribution in [2.75, 3.05) is 6.54 Å². The summed E-state index contributed by atoms with van der Waals surface area (Å²) in [5, 5.41) is 11.7. The van der Waals surface area contributed by atoms with Crippen molar-refractivity contribution in [3.8, 4) is 0 Å². The van der Waals surface area contributed by atoms with Gasteiger partial charge in [0.15, 0.2) is 0 Å². The highest BCUT2D eigenvalue weighted by Crippen LogP contribution is 2.21. The molecule has 0 aliphatic rings. The van der Waals surface area contributed by atoms with Crippen LogP contribution in [0.15, 0.2) is 30.3 Å². The lowest BCUT2D eigenvalue weighted by atomic mass is 9.97. The second-order valence-corrected chi connectivity index (χ2v) is 4.97. The molecule has 0 saturated carbocycles. The van der Waals surface area contributed by atoms with Crippen LogP contribution in [0.4, 0.5) is 4.39 Å². The third-order valence-electron chi connectivity index (χ3n) is 3.32. The van der Waals surface area contributed by atoms with Crippen LogP contribution in [0.25, 0.3) is 0 Å². The van der Waals surface area contributed by atoms with E-state index in [9.17, 15) is 4.39 Å². The summed E-state index contributed by atoms with van der Waals surface area (Å²) in [4.78, 5) is 0. The van der Waals surface area contributed by atoms with E-state index in [0.717, 1.165) is 35.5 Å². The van der Waals surface area contributed by atoms with Gasteiger partial charge in [-0.3, -0.25) is 0 Å². The van der Waals surface area contributed by atoms with E-state index in [-0.39, 0.29) is 11.9 Å². The summed E-state index contributed by atoms with van der Waals surface area (Å²) in [6.07, 6.45) is 0.806. The molecule has 2 rings (SSSR count). The minimum atomic E-state index is -0.202. The van der Waals surface area contributed by atoms with Gasteiger partial charge in [-0.15, -0.1) is 0 Å². The summed E-state index contributed by atoms with van der Waals surface area (Å²) in [6.45, 7) is 6.86. The summed E-state index contributed by atoms with van der Waals surface area (Å²) in [5.74, 6) is -0.202. The zero-order valence-corrected chi connectivity index (χ0v) is 12.2. The van der Waals surface area contributed by atoms with Gasteiger partial charge in [-0.1, -0.05) is 19.1 Å².